The number of anilines is 2. The molecule has 0 saturated carbocycles. The standard InChI is InChI=1S/C37H25NS/c1-3-12-25(13-4-1)37(26-14-5-2-6-15-26)31-18-9-7-17-30(31)36-32(37)19-11-20-33(36)38-27-22-23-29-28-16-8-10-21-34(28)39-35(29)24-27/h1-24,38H. The Labute approximate surface area is 232 Å². The lowest BCUT2D eigenvalue weighted by molar-refractivity contribution is 0.768. The summed E-state index contributed by atoms with van der Waals surface area (Å²) in [5, 5.41) is 6.47. The summed E-state index contributed by atoms with van der Waals surface area (Å²) in [7, 11) is 0. The van der Waals surface area contributed by atoms with Crippen molar-refractivity contribution in [2.24, 2.45) is 0 Å². The topological polar surface area (TPSA) is 12.0 Å². The Morgan fingerprint density at radius 1 is 0.487 bits per heavy atom. The van der Waals surface area contributed by atoms with Gasteiger partial charge in [-0.2, -0.15) is 0 Å². The number of fused-ring (bicyclic) bond motifs is 6. The highest BCUT2D eigenvalue weighted by Crippen LogP contribution is 2.58. The van der Waals surface area contributed by atoms with Crippen molar-refractivity contribution < 1.29 is 0 Å². The third-order valence-electron chi connectivity index (χ3n) is 8.14. The monoisotopic (exact) mass is 515 g/mol. The first kappa shape index (κ1) is 22.3. The van der Waals surface area contributed by atoms with Crippen LogP contribution in [0.1, 0.15) is 22.3 Å². The van der Waals surface area contributed by atoms with Gasteiger partial charge in [-0.05, 0) is 52.1 Å². The quantitative estimate of drug-likeness (QED) is 0.246. The highest BCUT2D eigenvalue weighted by atomic mass is 32.1. The van der Waals surface area contributed by atoms with E-state index in [1.165, 1.54) is 53.6 Å². The Morgan fingerprint density at radius 2 is 1.13 bits per heavy atom. The number of rotatable bonds is 4. The number of benzene rings is 6. The summed E-state index contributed by atoms with van der Waals surface area (Å²) in [4.78, 5) is 0. The smallest absolute Gasteiger partial charge is 0.0714 e. The first-order valence-corrected chi connectivity index (χ1v) is 14.2. The molecule has 0 radical (unpaired) electrons. The second kappa shape index (κ2) is 8.69. The van der Waals surface area contributed by atoms with Gasteiger partial charge in [0.2, 0.25) is 0 Å². The molecule has 184 valence electrons. The van der Waals surface area contributed by atoms with Crippen molar-refractivity contribution in [3.8, 4) is 11.1 Å². The summed E-state index contributed by atoms with van der Waals surface area (Å²) in [6.45, 7) is 0. The molecule has 6 aromatic carbocycles. The van der Waals surface area contributed by atoms with E-state index in [2.05, 4.69) is 151 Å². The second-order valence-corrected chi connectivity index (χ2v) is 11.3. The zero-order chi connectivity index (χ0) is 25.8. The first-order chi connectivity index (χ1) is 19.3. The van der Waals surface area contributed by atoms with E-state index in [1.54, 1.807) is 0 Å². The van der Waals surface area contributed by atoms with Gasteiger partial charge in [0.25, 0.3) is 0 Å². The Balaban J connectivity index is 1.36. The number of thiophene rings is 1. The van der Waals surface area contributed by atoms with E-state index in [0.29, 0.717) is 0 Å². The van der Waals surface area contributed by atoms with E-state index in [0.717, 1.165) is 11.4 Å². The largest absolute Gasteiger partial charge is 0.355 e. The molecule has 8 rings (SSSR count). The van der Waals surface area contributed by atoms with E-state index in [-0.39, 0.29) is 5.41 Å². The van der Waals surface area contributed by atoms with Gasteiger partial charge in [0.1, 0.15) is 0 Å². The molecule has 0 bridgehead atoms. The molecule has 1 nitrogen and oxygen atoms in total. The fraction of sp³-hybridized carbons (Fsp3) is 0.0270. The first-order valence-electron chi connectivity index (χ1n) is 13.4. The molecule has 0 unspecified atom stereocenters. The van der Waals surface area contributed by atoms with Crippen molar-refractivity contribution in [2.45, 2.75) is 5.41 Å². The van der Waals surface area contributed by atoms with Crippen LogP contribution in [0.2, 0.25) is 0 Å². The molecule has 0 fully saturated rings. The Kier molecular flexibility index (Phi) is 4.98. The fourth-order valence-electron chi connectivity index (χ4n) is 6.56. The van der Waals surface area contributed by atoms with Crippen LogP contribution in [0.15, 0.2) is 146 Å². The summed E-state index contributed by atoms with van der Waals surface area (Å²) >= 11 is 1.85. The lowest BCUT2D eigenvalue weighted by Gasteiger charge is -2.33. The van der Waals surface area contributed by atoms with Crippen molar-refractivity contribution in [3.63, 3.8) is 0 Å². The van der Waals surface area contributed by atoms with Crippen LogP contribution in [-0.4, -0.2) is 0 Å². The lowest BCUT2D eigenvalue weighted by Crippen LogP contribution is -2.28. The van der Waals surface area contributed by atoms with E-state index in [4.69, 9.17) is 0 Å². The molecule has 0 amide bonds. The number of nitrogens with one attached hydrogen (secondary N) is 1. The van der Waals surface area contributed by atoms with Crippen molar-refractivity contribution >= 4 is 42.9 Å². The van der Waals surface area contributed by atoms with Crippen LogP contribution in [0.3, 0.4) is 0 Å². The molecule has 1 N–H and O–H groups in total. The summed E-state index contributed by atoms with van der Waals surface area (Å²) in [5.74, 6) is 0. The summed E-state index contributed by atoms with van der Waals surface area (Å²) in [5.41, 5.74) is 9.62. The minimum absolute atomic E-state index is 0.387. The minimum Gasteiger partial charge on any atom is -0.355 e. The predicted octanol–water partition coefficient (Wildman–Crippen LogP) is 10.2. The van der Waals surface area contributed by atoms with Crippen LogP contribution in [-0.2, 0) is 5.41 Å². The van der Waals surface area contributed by atoms with Crippen molar-refractivity contribution in [1.82, 2.24) is 0 Å². The SMILES string of the molecule is c1ccc(C2(c3ccccc3)c3ccccc3-c3c(Nc4ccc5c(c4)sc4ccccc45)cccc32)cc1. The van der Waals surface area contributed by atoms with Gasteiger partial charge in [-0.15, -0.1) is 11.3 Å². The molecule has 1 heterocycles. The van der Waals surface area contributed by atoms with Crippen molar-refractivity contribution in [1.29, 1.82) is 0 Å². The van der Waals surface area contributed by atoms with Crippen molar-refractivity contribution in [2.75, 3.05) is 5.32 Å². The lowest BCUT2D eigenvalue weighted by atomic mass is 9.68. The predicted molar refractivity (Wildman–Crippen MR) is 166 cm³/mol. The molecule has 1 aliphatic carbocycles. The molecule has 0 atom stereocenters. The molecule has 0 saturated heterocycles. The normalized spacial score (nSPS) is 13.3. The van der Waals surface area contributed by atoms with Crippen LogP contribution in [0, 0.1) is 0 Å². The molecule has 39 heavy (non-hydrogen) atoms. The molecule has 2 heteroatoms. The highest BCUT2D eigenvalue weighted by molar-refractivity contribution is 7.25. The van der Waals surface area contributed by atoms with Gasteiger partial charge in [0.05, 0.1) is 5.41 Å². The van der Waals surface area contributed by atoms with Gasteiger partial charge in [0.15, 0.2) is 0 Å². The molecular weight excluding hydrogens is 490 g/mol. The summed E-state index contributed by atoms with van der Waals surface area (Å²) < 4.78 is 2.63. The van der Waals surface area contributed by atoms with Gasteiger partial charge in [-0.1, -0.05) is 121 Å². The molecule has 7 aromatic rings. The second-order valence-electron chi connectivity index (χ2n) is 10.2. The maximum Gasteiger partial charge on any atom is 0.0714 e. The average molecular weight is 516 g/mol. The molecule has 1 aromatic heterocycles. The Hall–Kier alpha value is -4.66. The minimum atomic E-state index is -0.387. The molecule has 0 spiro atoms. The van der Waals surface area contributed by atoms with E-state index in [1.807, 2.05) is 11.3 Å². The van der Waals surface area contributed by atoms with E-state index in [9.17, 15) is 0 Å². The third kappa shape index (κ3) is 3.25. The highest BCUT2D eigenvalue weighted by Gasteiger charge is 2.46. The molecule has 1 aliphatic rings. The van der Waals surface area contributed by atoms with Gasteiger partial charge < -0.3 is 5.32 Å². The van der Waals surface area contributed by atoms with Crippen LogP contribution >= 0.6 is 11.3 Å². The van der Waals surface area contributed by atoms with Gasteiger partial charge in [-0.25, -0.2) is 0 Å². The zero-order valence-corrected chi connectivity index (χ0v) is 22.1. The van der Waals surface area contributed by atoms with Crippen molar-refractivity contribution in [3.05, 3.63) is 168 Å². The van der Waals surface area contributed by atoms with E-state index < -0.39 is 0 Å². The Morgan fingerprint density at radius 3 is 1.92 bits per heavy atom. The van der Waals surface area contributed by atoms with Crippen LogP contribution < -0.4 is 5.32 Å². The summed E-state index contributed by atoms with van der Waals surface area (Å²) in [6.07, 6.45) is 0. The average Bonchev–Trinajstić information content (AvgIpc) is 3.52. The Bertz CT molecular complexity index is 1950. The van der Waals surface area contributed by atoms with Gasteiger partial charge >= 0.3 is 0 Å². The third-order valence-corrected chi connectivity index (χ3v) is 9.27. The molecular formula is C37H25NS. The van der Waals surface area contributed by atoms with Crippen LogP contribution in [0.4, 0.5) is 11.4 Å². The van der Waals surface area contributed by atoms with Gasteiger partial charge in [-0.3, -0.25) is 0 Å². The maximum absolute atomic E-state index is 3.83. The van der Waals surface area contributed by atoms with Crippen LogP contribution in [0.5, 0.6) is 0 Å². The molecule has 0 aliphatic heterocycles. The van der Waals surface area contributed by atoms with E-state index >= 15 is 0 Å². The summed E-state index contributed by atoms with van der Waals surface area (Å²) in [6, 6.07) is 53.0. The zero-order valence-electron chi connectivity index (χ0n) is 21.3. The van der Waals surface area contributed by atoms with Crippen LogP contribution in [0.25, 0.3) is 31.3 Å². The maximum atomic E-state index is 3.83. The number of hydrogen-bond donors (Lipinski definition) is 1. The number of hydrogen-bond acceptors (Lipinski definition) is 2. The fourth-order valence-corrected chi connectivity index (χ4v) is 7.70. The van der Waals surface area contributed by atoms with Gasteiger partial charge in [0, 0.05) is 37.1 Å².